The number of esters is 1. The number of aromatic nitrogens is 2. The van der Waals surface area contributed by atoms with Crippen molar-refractivity contribution >= 4 is 34.1 Å². The molecule has 0 fully saturated rings. The molecule has 26 heavy (non-hydrogen) atoms. The SMILES string of the molecule is Cc1cc(C)n(CC(=O)Nc2sc(C(N)=O)c(C)c2C(=O)OC(C)C)n1. The van der Waals surface area contributed by atoms with Gasteiger partial charge in [0.15, 0.2) is 0 Å². The van der Waals surface area contributed by atoms with Gasteiger partial charge >= 0.3 is 5.97 Å². The molecule has 0 saturated heterocycles. The zero-order valence-electron chi connectivity index (χ0n) is 15.4. The molecule has 0 aromatic carbocycles. The number of hydrogen-bond donors (Lipinski definition) is 2. The molecule has 0 unspecified atom stereocenters. The van der Waals surface area contributed by atoms with Gasteiger partial charge in [-0.25, -0.2) is 4.79 Å². The Morgan fingerprint density at radius 3 is 2.46 bits per heavy atom. The fraction of sp³-hybridized carbons (Fsp3) is 0.412. The summed E-state index contributed by atoms with van der Waals surface area (Å²) < 4.78 is 6.78. The Bertz CT molecular complexity index is 866. The summed E-state index contributed by atoms with van der Waals surface area (Å²) in [6.07, 6.45) is -0.336. The van der Waals surface area contributed by atoms with Crippen LogP contribution in [0.2, 0.25) is 0 Å². The number of carbonyl (C=O) groups is 3. The normalized spacial score (nSPS) is 10.8. The largest absolute Gasteiger partial charge is 0.459 e. The molecule has 2 aromatic heterocycles. The molecule has 140 valence electrons. The van der Waals surface area contributed by atoms with E-state index in [1.165, 1.54) is 0 Å². The van der Waals surface area contributed by atoms with Crippen molar-refractivity contribution in [2.45, 2.75) is 47.3 Å². The molecule has 0 aliphatic carbocycles. The van der Waals surface area contributed by atoms with Crippen LogP contribution in [0.5, 0.6) is 0 Å². The Hall–Kier alpha value is -2.68. The first-order valence-electron chi connectivity index (χ1n) is 8.05. The van der Waals surface area contributed by atoms with E-state index in [9.17, 15) is 14.4 Å². The molecule has 0 atom stereocenters. The van der Waals surface area contributed by atoms with E-state index in [0.717, 1.165) is 22.7 Å². The lowest BCUT2D eigenvalue weighted by Crippen LogP contribution is -2.21. The average molecular weight is 378 g/mol. The molecule has 0 spiro atoms. The van der Waals surface area contributed by atoms with Crippen LogP contribution >= 0.6 is 11.3 Å². The van der Waals surface area contributed by atoms with Gasteiger partial charge in [0.25, 0.3) is 5.91 Å². The van der Waals surface area contributed by atoms with Gasteiger partial charge in [0.05, 0.1) is 22.2 Å². The van der Waals surface area contributed by atoms with Crippen molar-refractivity contribution in [3.05, 3.63) is 33.5 Å². The van der Waals surface area contributed by atoms with Crippen molar-refractivity contribution in [1.82, 2.24) is 9.78 Å². The number of carbonyl (C=O) groups excluding carboxylic acids is 3. The Kier molecular flexibility index (Phi) is 5.81. The highest BCUT2D eigenvalue weighted by Crippen LogP contribution is 2.33. The molecule has 0 radical (unpaired) electrons. The number of ether oxygens (including phenoxy) is 1. The van der Waals surface area contributed by atoms with Gasteiger partial charge in [0, 0.05) is 5.69 Å². The van der Waals surface area contributed by atoms with Crippen LogP contribution < -0.4 is 11.1 Å². The summed E-state index contributed by atoms with van der Waals surface area (Å²) in [5.74, 6) is -1.64. The average Bonchev–Trinajstić information content (AvgIpc) is 2.97. The van der Waals surface area contributed by atoms with E-state index < -0.39 is 11.9 Å². The summed E-state index contributed by atoms with van der Waals surface area (Å²) in [5, 5.41) is 7.15. The third-order valence-electron chi connectivity index (χ3n) is 3.57. The van der Waals surface area contributed by atoms with E-state index in [1.54, 1.807) is 25.5 Å². The number of thiophene rings is 1. The minimum absolute atomic E-state index is 0.0127. The minimum Gasteiger partial charge on any atom is -0.459 e. The molecular weight excluding hydrogens is 356 g/mol. The monoisotopic (exact) mass is 378 g/mol. The van der Waals surface area contributed by atoms with Crippen LogP contribution in [0.1, 0.15) is 50.8 Å². The quantitative estimate of drug-likeness (QED) is 0.747. The van der Waals surface area contributed by atoms with E-state index in [1.807, 2.05) is 19.9 Å². The van der Waals surface area contributed by atoms with Crippen LogP contribution in [0, 0.1) is 20.8 Å². The number of primary amides is 1. The smallest absolute Gasteiger partial charge is 0.341 e. The van der Waals surface area contributed by atoms with Gasteiger partial charge in [-0.3, -0.25) is 14.3 Å². The van der Waals surface area contributed by atoms with E-state index in [4.69, 9.17) is 10.5 Å². The molecule has 3 N–H and O–H groups in total. The maximum absolute atomic E-state index is 12.4. The highest BCUT2D eigenvalue weighted by atomic mass is 32.1. The molecule has 0 saturated carbocycles. The van der Waals surface area contributed by atoms with Crippen molar-refractivity contribution in [3.63, 3.8) is 0 Å². The standard InChI is InChI=1S/C17H22N4O4S/c1-8(2)25-17(24)13-11(5)14(15(18)23)26-16(13)19-12(22)7-21-10(4)6-9(3)20-21/h6,8H,7H2,1-5H3,(H2,18,23)(H,19,22). The number of hydrogen-bond acceptors (Lipinski definition) is 6. The predicted octanol–water partition coefficient (Wildman–Crippen LogP) is 2.17. The fourth-order valence-electron chi connectivity index (χ4n) is 2.49. The second-order valence-electron chi connectivity index (χ2n) is 6.21. The van der Waals surface area contributed by atoms with Crippen LogP contribution in [-0.4, -0.2) is 33.7 Å². The zero-order chi connectivity index (χ0) is 19.6. The van der Waals surface area contributed by atoms with Crippen LogP contribution in [0.25, 0.3) is 0 Å². The Morgan fingerprint density at radius 1 is 1.31 bits per heavy atom. The Balaban J connectivity index is 2.30. The second kappa shape index (κ2) is 7.69. The number of nitrogens with zero attached hydrogens (tertiary/aromatic N) is 2. The van der Waals surface area contributed by atoms with E-state index in [0.29, 0.717) is 5.56 Å². The maximum Gasteiger partial charge on any atom is 0.341 e. The Labute approximate surface area is 155 Å². The molecule has 2 aromatic rings. The number of amides is 2. The molecule has 8 nitrogen and oxygen atoms in total. The summed E-state index contributed by atoms with van der Waals surface area (Å²) in [6.45, 7) is 8.71. The summed E-state index contributed by atoms with van der Waals surface area (Å²) in [4.78, 5) is 36.6. The molecule has 0 aliphatic rings. The molecule has 2 heterocycles. The van der Waals surface area contributed by atoms with Crippen LogP contribution in [0.15, 0.2) is 6.07 Å². The van der Waals surface area contributed by atoms with Gasteiger partial charge in [0.2, 0.25) is 5.91 Å². The molecule has 0 aliphatic heterocycles. The van der Waals surface area contributed by atoms with Gasteiger partial charge in [-0.1, -0.05) is 0 Å². The number of aryl methyl sites for hydroxylation is 2. The van der Waals surface area contributed by atoms with Crippen molar-refractivity contribution in [3.8, 4) is 0 Å². The van der Waals surface area contributed by atoms with Crippen molar-refractivity contribution in [2.24, 2.45) is 5.73 Å². The number of rotatable bonds is 6. The first-order chi connectivity index (χ1) is 12.1. The van der Waals surface area contributed by atoms with E-state index >= 15 is 0 Å². The molecule has 2 amide bonds. The minimum atomic E-state index is -0.662. The molecule has 2 rings (SSSR count). The molecular formula is C17H22N4O4S. The first-order valence-corrected chi connectivity index (χ1v) is 8.86. The molecule has 9 heteroatoms. The van der Waals surface area contributed by atoms with Crippen molar-refractivity contribution in [1.29, 1.82) is 0 Å². The third-order valence-corrected chi connectivity index (χ3v) is 4.79. The molecule has 0 bridgehead atoms. The van der Waals surface area contributed by atoms with E-state index in [2.05, 4.69) is 10.4 Å². The first kappa shape index (κ1) is 19.6. The highest BCUT2D eigenvalue weighted by molar-refractivity contribution is 7.18. The summed E-state index contributed by atoms with van der Waals surface area (Å²) in [7, 11) is 0. The van der Waals surface area contributed by atoms with Crippen LogP contribution in [0.3, 0.4) is 0 Å². The third kappa shape index (κ3) is 4.29. The fourth-order valence-corrected chi connectivity index (χ4v) is 3.56. The summed E-state index contributed by atoms with van der Waals surface area (Å²) >= 11 is 0.961. The lowest BCUT2D eigenvalue weighted by atomic mass is 10.1. The van der Waals surface area contributed by atoms with Gasteiger partial charge in [0.1, 0.15) is 11.5 Å². The maximum atomic E-state index is 12.4. The number of anilines is 1. The number of nitrogens with two attached hydrogens (primary N) is 1. The Morgan fingerprint density at radius 2 is 1.96 bits per heavy atom. The van der Waals surface area contributed by atoms with Crippen molar-refractivity contribution in [2.75, 3.05) is 5.32 Å². The van der Waals surface area contributed by atoms with Gasteiger partial charge in [-0.15, -0.1) is 11.3 Å². The van der Waals surface area contributed by atoms with E-state index in [-0.39, 0.29) is 34.0 Å². The van der Waals surface area contributed by atoms with Gasteiger partial charge < -0.3 is 15.8 Å². The lowest BCUT2D eigenvalue weighted by molar-refractivity contribution is -0.116. The number of nitrogens with one attached hydrogen (secondary N) is 1. The second-order valence-corrected chi connectivity index (χ2v) is 7.23. The lowest BCUT2D eigenvalue weighted by Gasteiger charge is -2.10. The van der Waals surface area contributed by atoms with Crippen LogP contribution in [0.4, 0.5) is 5.00 Å². The highest BCUT2D eigenvalue weighted by Gasteiger charge is 2.26. The zero-order valence-corrected chi connectivity index (χ0v) is 16.2. The van der Waals surface area contributed by atoms with Gasteiger partial charge in [-0.2, -0.15) is 5.10 Å². The van der Waals surface area contributed by atoms with Crippen LogP contribution in [-0.2, 0) is 16.1 Å². The summed E-state index contributed by atoms with van der Waals surface area (Å²) in [5.41, 5.74) is 7.57. The van der Waals surface area contributed by atoms with Crippen molar-refractivity contribution < 1.29 is 19.1 Å². The topological polar surface area (TPSA) is 116 Å². The predicted molar refractivity (Wildman–Crippen MR) is 98.5 cm³/mol. The summed E-state index contributed by atoms with van der Waals surface area (Å²) in [6, 6.07) is 1.86. The van der Waals surface area contributed by atoms with Gasteiger partial charge in [-0.05, 0) is 46.2 Å².